The van der Waals surface area contributed by atoms with Crippen molar-refractivity contribution in [3.8, 4) is 11.5 Å². The zero-order chi connectivity index (χ0) is 21.9. The molecule has 0 amide bonds. The van der Waals surface area contributed by atoms with Crippen molar-refractivity contribution in [1.29, 1.82) is 0 Å². The molecule has 0 spiro atoms. The summed E-state index contributed by atoms with van der Waals surface area (Å²) in [6.45, 7) is 5.57. The van der Waals surface area contributed by atoms with Crippen LogP contribution in [-0.2, 0) is 12.8 Å². The number of rotatable bonds is 7. The molecule has 2 heterocycles. The molecule has 3 aromatic rings. The van der Waals surface area contributed by atoms with Crippen LogP contribution in [-0.4, -0.2) is 51.3 Å². The fourth-order valence-corrected chi connectivity index (χ4v) is 4.82. The standard InChI is InChI=1S/C26H28N2O4/c1-30-24-9-3-2-8-23(24)28-15-13-27(14-16-28)12-5-17-31-19-10-11-21-20-6-4-7-22(20)26(29)32-25(21)18-19/h8-11,18H,4-7,12-17H2,1H3. The van der Waals surface area contributed by atoms with E-state index >= 15 is 0 Å². The van der Waals surface area contributed by atoms with Gasteiger partial charge in [0, 0.05) is 61.9 Å². The minimum atomic E-state index is -0.189. The van der Waals surface area contributed by atoms with Crippen LogP contribution in [0.25, 0.3) is 11.0 Å². The van der Waals surface area contributed by atoms with Crippen LogP contribution in [0.3, 0.4) is 0 Å². The van der Waals surface area contributed by atoms with Crippen LogP contribution in [0.2, 0.25) is 0 Å². The molecule has 1 aliphatic heterocycles. The van der Waals surface area contributed by atoms with Crippen LogP contribution < -0.4 is 20.0 Å². The molecule has 2 aliphatic rings. The van der Waals surface area contributed by atoms with Crippen LogP contribution in [0, 0.1) is 12.1 Å². The molecule has 0 N–H and O–H groups in total. The highest BCUT2D eigenvalue weighted by molar-refractivity contribution is 5.83. The quantitative estimate of drug-likeness (QED) is 0.421. The first-order valence-corrected chi connectivity index (χ1v) is 11.4. The minimum Gasteiger partial charge on any atom is -0.494 e. The lowest BCUT2D eigenvalue weighted by molar-refractivity contribution is 0.224. The summed E-state index contributed by atoms with van der Waals surface area (Å²) in [7, 11) is 1.69. The Kier molecular flexibility index (Phi) is 5.91. The first kappa shape index (κ1) is 20.7. The average Bonchev–Trinajstić information content (AvgIpc) is 3.33. The summed E-state index contributed by atoms with van der Waals surface area (Å²) in [4.78, 5) is 17.0. The predicted octanol–water partition coefficient (Wildman–Crippen LogP) is 3.48. The molecule has 32 heavy (non-hydrogen) atoms. The molecule has 0 unspecified atom stereocenters. The Morgan fingerprint density at radius 2 is 1.88 bits per heavy atom. The Bertz CT molecular complexity index is 1150. The third-order valence-electron chi connectivity index (χ3n) is 6.51. The molecule has 5 rings (SSSR count). The van der Waals surface area contributed by atoms with E-state index in [2.05, 4.69) is 21.9 Å². The molecule has 6 heteroatoms. The molecule has 1 saturated heterocycles. The molecule has 2 aromatic carbocycles. The van der Waals surface area contributed by atoms with Gasteiger partial charge in [-0.2, -0.15) is 0 Å². The van der Waals surface area contributed by atoms with E-state index in [9.17, 15) is 4.79 Å². The van der Waals surface area contributed by atoms with Crippen molar-refractivity contribution < 1.29 is 13.9 Å². The highest BCUT2D eigenvalue weighted by Gasteiger charge is 2.20. The van der Waals surface area contributed by atoms with Crippen molar-refractivity contribution >= 4 is 16.7 Å². The second-order valence-corrected chi connectivity index (χ2v) is 8.42. The number of anilines is 1. The lowest BCUT2D eigenvalue weighted by atomic mass is 10.1. The first-order chi connectivity index (χ1) is 15.7. The largest absolute Gasteiger partial charge is 0.494 e. The maximum atomic E-state index is 12.2. The van der Waals surface area contributed by atoms with E-state index < -0.39 is 0 Å². The van der Waals surface area contributed by atoms with Gasteiger partial charge in [-0.1, -0.05) is 12.1 Å². The predicted molar refractivity (Wildman–Crippen MR) is 124 cm³/mol. The van der Waals surface area contributed by atoms with Gasteiger partial charge in [0.2, 0.25) is 0 Å². The van der Waals surface area contributed by atoms with Crippen molar-refractivity contribution in [2.45, 2.75) is 25.7 Å². The molecule has 1 aromatic heterocycles. The van der Waals surface area contributed by atoms with E-state index in [4.69, 9.17) is 13.9 Å². The van der Waals surface area contributed by atoms with Crippen LogP contribution in [0.15, 0.2) is 39.5 Å². The normalized spacial score (nSPS) is 16.1. The number of ether oxygens (including phenoxy) is 2. The molecule has 1 aliphatic carbocycles. The van der Waals surface area contributed by atoms with Crippen LogP contribution >= 0.6 is 0 Å². The first-order valence-electron chi connectivity index (χ1n) is 11.4. The molecule has 0 atom stereocenters. The third kappa shape index (κ3) is 4.13. The fraction of sp³-hybridized carbons (Fsp3) is 0.423. The topological polar surface area (TPSA) is 55.2 Å². The zero-order valence-electron chi connectivity index (χ0n) is 18.5. The number of piperazine rings is 1. The molecular weight excluding hydrogens is 404 g/mol. The van der Waals surface area contributed by atoms with Crippen LogP contribution in [0.4, 0.5) is 5.69 Å². The van der Waals surface area contributed by atoms with Gasteiger partial charge < -0.3 is 18.8 Å². The Labute approximate surface area is 188 Å². The van der Waals surface area contributed by atoms with E-state index in [1.165, 1.54) is 0 Å². The number of methoxy groups -OCH3 is 1. The lowest BCUT2D eigenvalue weighted by Crippen LogP contribution is -2.46. The highest BCUT2D eigenvalue weighted by atomic mass is 16.5. The smallest absolute Gasteiger partial charge is 0.339 e. The number of hydrogen-bond donors (Lipinski definition) is 0. The van der Waals surface area contributed by atoms with E-state index in [0.717, 1.165) is 92.1 Å². The average molecular weight is 433 g/mol. The van der Waals surface area contributed by atoms with Gasteiger partial charge in [0.05, 0.1) is 19.4 Å². The van der Waals surface area contributed by atoms with Crippen molar-refractivity contribution in [3.05, 3.63) is 64.0 Å². The zero-order valence-corrected chi connectivity index (χ0v) is 18.5. The number of aryl methyl sites for hydroxylation is 1. The van der Waals surface area contributed by atoms with Gasteiger partial charge in [-0.05, 0) is 43.4 Å². The summed E-state index contributed by atoms with van der Waals surface area (Å²) < 4.78 is 17.0. The van der Waals surface area contributed by atoms with E-state index in [1.54, 1.807) is 7.11 Å². The summed E-state index contributed by atoms with van der Waals surface area (Å²) in [5, 5.41) is 1.05. The molecule has 0 bridgehead atoms. The molecule has 0 radical (unpaired) electrons. The molecule has 166 valence electrons. The van der Waals surface area contributed by atoms with E-state index in [1.807, 2.05) is 30.3 Å². The van der Waals surface area contributed by atoms with Gasteiger partial charge in [-0.3, -0.25) is 4.90 Å². The van der Waals surface area contributed by atoms with E-state index in [-0.39, 0.29) is 5.63 Å². The highest BCUT2D eigenvalue weighted by Crippen LogP contribution is 2.30. The maximum absolute atomic E-state index is 12.2. The summed E-state index contributed by atoms with van der Waals surface area (Å²) in [5.74, 6) is 1.61. The van der Waals surface area contributed by atoms with Gasteiger partial charge in [-0.15, -0.1) is 0 Å². The van der Waals surface area contributed by atoms with Crippen molar-refractivity contribution in [2.75, 3.05) is 51.3 Å². The van der Waals surface area contributed by atoms with Gasteiger partial charge in [-0.25, -0.2) is 4.79 Å². The lowest BCUT2D eigenvalue weighted by Gasteiger charge is -2.36. The van der Waals surface area contributed by atoms with Crippen molar-refractivity contribution in [1.82, 2.24) is 4.90 Å². The maximum Gasteiger partial charge on any atom is 0.339 e. The van der Waals surface area contributed by atoms with Crippen LogP contribution in [0.1, 0.15) is 24.0 Å². The summed E-state index contributed by atoms with van der Waals surface area (Å²) in [5.41, 5.74) is 3.54. The Balaban J connectivity index is 1.11. The minimum absolute atomic E-state index is 0.189. The number of benzene rings is 1. The molecular formula is C26H28N2O4. The molecule has 6 nitrogen and oxygen atoms in total. The Hall–Kier alpha value is -3.17. The summed E-state index contributed by atoms with van der Waals surface area (Å²) in [6, 6.07) is 15.6. The van der Waals surface area contributed by atoms with Gasteiger partial charge in [0.25, 0.3) is 0 Å². The summed E-state index contributed by atoms with van der Waals surface area (Å²) in [6.07, 6.45) is 3.76. The monoisotopic (exact) mass is 432 g/mol. The SMILES string of the molecule is COc1cc#ccc1N1CCN(CCCOc2ccc3c4c(c(=O)oc3c2)CCC4)CC1. The van der Waals surface area contributed by atoms with Crippen LogP contribution in [0.5, 0.6) is 11.5 Å². The number of fused-ring (bicyclic) bond motifs is 3. The summed E-state index contributed by atoms with van der Waals surface area (Å²) >= 11 is 0. The number of nitrogens with zero attached hydrogens (tertiary/aromatic N) is 2. The van der Waals surface area contributed by atoms with Gasteiger partial charge in [0.15, 0.2) is 5.75 Å². The number of hydrogen-bond acceptors (Lipinski definition) is 6. The van der Waals surface area contributed by atoms with E-state index in [0.29, 0.717) is 12.2 Å². The Morgan fingerprint density at radius 3 is 2.72 bits per heavy atom. The van der Waals surface area contributed by atoms with Gasteiger partial charge in [0.1, 0.15) is 11.3 Å². The van der Waals surface area contributed by atoms with Crippen molar-refractivity contribution in [3.63, 3.8) is 0 Å². The third-order valence-corrected chi connectivity index (χ3v) is 6.51. The Morgan fingerprint density at radius 1 is 1.06 bits per heavy atom. The fourth-order valence-electron chi connectivity index (χ4n) is 4.82. The second-order valence-electron chi connectivity index (χ2n) is 8.42. The second kappa shape index (κ2) is 9.13. The van der Waals surface area contributed by atoms with Crippen molar-refractivity contribution in [2.24, 2.45) is 0 Å². The molecule has 1 fully saturated rings. The van der Waals surface area contributed by atoms with Gasteiger partial charge >= 0.3 is 5.63 Å². The molecule has 0 saturated carbocycles.